The van der Waals surface area contributed by atoms with Crippen molar-refractivity contribution in [2.24, 2.45) is 5.92 Å². The third-order valence-corrected chi connectivity index (χ3v) is 7.79. The van der Waals surface area contributed by atoms with Gasteiger partial charge in [-0.2, -0.15) is 0 Å². The summed E-state index contributed by atoms with van der Waals surface area (Å²) in [6, 6.07) is 6.21. The molecule has 2 heterocycles. The van der Waals surface area contributed by atoms with Gasteiger partial charge in [0.15, 0.2) is 5.78 Å². The Bertz CT molecular complexity index is 1230. The van der Waals surface area contributed by atoms with Crippen LogP contribution in [0.3, 0.4) is 0 Å². The zero-order valence-corrected chi connectivity index (χ0v) is 24.2. The van der Waals surface area contributed by atoms with Crippen molar-refractivity contribution in [1.29, 1.82) is 0 Å². The van der Waals surface area contributed by atoms with Crippen molar-refractivity contribution < 1.29 is 33.2 Å². The molecule has 4 rings (SSSR count). The maximum atomic E-state index is 13.7. The lowest BCUT2D eigenvalue weighted by Gasteiger charge is -2.26. The Labute approximate surface area is 240 Å². The molecule has 1 aromatic heterocycles. The van der Waals surface area contributed by atoms with E-state index in [0.717, 1.165) is 31.2 Å². The number of amides is 3. The first-order valence-electron chi connectivity index (χ1n) is 14.2. The summed E-state index contributed by atoms with van der Waals surface area (Å²) in [4.78, 5) is 52.6. The maximum Gasteiger partial charge on any atom is 0.243 e. The molecule has 222 valence electrons. The molecule has 3 amide bonds. The monoisotopic (exact) mass is 568 g/mol. The highest BCUT2D eigenvalue weighted by atomic mass is 16.6. The quantitative estimate of drug-likeness (QED) is 0.293. The smallest absolute Gasteiger partial charge is 0.243 e. The summed E-state index contributed by atoms with van der Waals surface area (Å²) in [5, 5.41) is 12.1. The van der Waals surface area contributed by atoms with E-state index in [4.69, 9.17) is 14.0 Å². The number of carbonyl (C=O) groups is 4. The number of nitrogens with zero attached hydrogens (tertiary/aromatic N) is 1. The van der Waals surface area contributed by atoms with Crippen molar-refractivity contribution in [3.8, 4) is 5.75 Å². The van der Waals surface area contributed by atoms with E-state index < -0.39 is 41.4 Å². The van der Waals surface area contributed by atoms with Crippen molar-refractivity contribution in [2.45, 2.75) is 89.4 Å². The van der Waals surface area contributed by atoms with E-state index in [2.05, 4.69) is 21.1 Å². The van der Waals surface area contributed by atoms with Crippen molar-refractivity contribution >= 4 is 23.5 Å². The summed E-state index contributed by atoms with van der Waals surface area (Å²) in [7, 11) is 1.57. The molecule has 0 spiro atoms. The zero-order chi connectivity index (χ0) is 29.6. The van der Waals surface area contributed by atoms with E-state index in [1.54, 1.807) is 46.1 Å². The molecule has 2 aromatic rings. The lowest BCUT2D eigenvalue weighted by molar-refractivity contribution is -0.134. The van der Waals surface area contributed by atoms with Gasteiger partial charge in [0.25, 0.3) is 0 Å². The molecule has 0 bridgehead atoms. The number of aromatic nitrogens is 1. The van der Waals surface area contributed by atoms with Gasteiger partial charge in [0, 0.05) is 12.5 Å². The number of rotatable bonds is 14. The minimum Gasteiger partial charge on any atom is -0.497 e. The van der Waals surface area contributed by atoms with E-state index in [0.29, 0.717) is 36.1 Å². The fraction of sp³-hybridized carbons (Fsp3) is 0.567. The van der Waals surface area contributed by atoms with Crippen LogP contribution in [0, 0.1) is 12.8 Å². The summed E-state index contributed by atoms with van der Waals surface area (Å²) in [5.74, 6) is -0.157. The molecule has 1 aromatic carbocycles. The van der Waals surface area contributed by atoms with Crippen LogP contribution in [-0.4, -0.2) is 66.1 Å². The molecule has 11 heteroatoms. The van der Waals surface area contributed by atoms with E-state index in [9.17, 15) is 19.2 Å². The van der Waals surface area contributed by atoms with Gasteiger partial charge in [0.2, 0.25) is 17.7 Å². The third-order valence-electron chi connectivity index (χ3n) is 7.79. The van der Waals surface area contributed by atoms with Gasteiger partial charge in [-0.1, -0.05) is 43.0 Å². The Balaban J connectivity index is 1.45. The maximum absolute atomic E-state index is 13.7. The Morgan fingerprint density at radius 1 is 1.05 bits per heavy atom. The highest BCUT2D eigenvalue weighted by Crippen LogP contribution is 2.33. The first-order chi connectivity index (χ1) is 19.6. The Kier molecular flexibility index (Phi) is 9.80. The van der Waals surface area contributed by atoms with E-state index in [1.165, 1.54) is 0 Å². The van der Waals surface area contributed by atoms with Crippen LogP contribution in [0.5, 0.6) is 5.75 Å². The van der Waals surface area contributed by atoms with Crippen LogP contribution in [0.15, 0.2) is 34.9 Å². The molecule has 4 unspecified atom stereocenters. The molecular weight excluding hydrogens is 528 g/mol. The standard InChI is InChI=1S/C30H40N4O7/c1-18-13-23(41-34-18)16-26(35)31-19(2)28(37)33-25(15-21-9-11-22(39-4)12-10-21)29(38)32-24(14-20-7-5-6-8-20)27(36)30(3)17-40-30/h9-13,19-20,24-25H,5-8,14-17H2,1-4H3,(H,31,35)(H,32,38)(H,33,37). The van der Waals surface area contributed by atoms with Gasteiger partial charge in [-0.05, 0) is 50.8 Å². The average Bonchev–Trinajstić information content (AvgIpc) is 3.28. The summed E-state index contributed by atoms with van der Waals surface area (Å²) in [6.45, 7) is 5.36. The minimum atomic E-state index is -0.987. The molecule has 1 aliphatic heterocycles. The third kappa shape index (κ3) is 8.39. The fourth-order valence-electron chi connectivity index (χ4n) is 5.22. The SMILES string of the molecule is COc1ccc(CC(NC(=O)C(C)NC(=O)Cc2cc(C)no2)C(=O)NC(CC2CCCC2)C(=O)C2(C)CO2)cc1. The predicted molar refractivity (Wildman–Crippen MR) is 149 cm³/mol. The predicted octanol–water partition coefficient (Wildman–Crippen LogP) is 2.19. The first kappa shape index (κ1) is 30.2. The summed E-state index contributed by atoms with van der Waals surface area (Å²) < 4.78 is 15.7. The Morgan fingerprint density at radius 2 is 1.71 bits per heavy atom. The number of benzene rings is 1. The zero-order valence-electron chi connectivity index (χ0n) is 24.2. The molecule has 4 atom stereocenters. The fourth-order valence-corrected chi connectivity index (χ4v) is 5.22. The van der Waals surface area contributed by atoms with Gasteiger partial charge in [0.1, 0.15) is 29.2 Å². The number of ketones is 1. The van der Waals surface area contributed by atoms with Crippen molar-refractivity contribution in [3.05, 3.63) is 47.3 Å². The summed E-state index contributed by atoms with van der Waals surface area (Å²) in [6.07, 6.45) is 4.92. The highest BCUT2D eigenvalue weighted by Gasteiger charge is 2.50. The number of ether oxygens (including phenoxy) is 2. The second kappa shape index (κ2) is 13.3. The summed E-state index contributed by atoms with van der Waals surface area (Å²) >= 11 is 0. The number of nitrogens with one attached hydrogen (secondary N) is 3. The molecule has 11 nitrogen and oxygen atoms in total. The Morgan fingerprint density at radius 3 is 2.29 bits per heavy atom. The average molecular weight is 569 g/mol. The topological polar surface area (TPSA) is 152 Å². The number of aryl methyl sites for hydroxylation is 1. The van der Waals surface area contributed by atoms with Crippen molar-refractivity contribution in [3.63, 3.8) is 0 Å². The number of hydrogen-bond acceptors (Lipinski definition) is 8. The summed E-state index contributed by atoms with van der Waals surface area (Å²) in [5.41, 5.74) is 0.560. The van der Waals surface area contributed by atoms with Crippen molar-refractivity contribution in [1.82, 2.24) is 21.1 Å². The first-order valence-corrected chi connectivity index (χ1v) is 14.2. The van der Waals surface area contributed by atoms with Gasteiger partial charge in [-0.3, -0.25) is 19.2 Å². The van der Waals surface area contributed by atoms with Crippen LogP contribution >= 0.6 is 0 Å². The van der Waals surface area contributed by atoms with Crippen molar-refractivity contribution in [2.75, 3.05) is 13.7 Å². The van der Waals surface area contributed by atoms with Gasteiger partial charge >= 0.3 is 0 Å². The van der Waals surface area contributed by atoms with E-state index >= 15 is 0 Å². The number of hydrogen-bond donors (Lipinski definition) is 3. The number of epoxide rings is 1. The Hall–Kier alpha value is -3.73. The van der Waals surface area contributed by atoms with Crippen LogP contribution in [0.4, 0.5) is 0 Å². The molecule has 2 aliphatic rings. The highest BCUT2D eigenvalue weighted by molar-refractivity contribution is 5.98. The number of methoxy groups -OCH3 is 1. The normalized spacial score (nSPS) is 20.5. The van der Waals surface area contributed by atoms with Crippen LogP contribution in [0.1, 0.15) is 63.0 Å². The van der Waals surface area contributed by atoms with Gasteiger partial charge < -0.3 is 29.9 Å². The van der Waals surface area contributed by atoms with E-state index in [-0.39, 0.29) is 18.6 Å². The van der Waals surface area contributed by atoms with E-state index in [1.807, 2.05) is 12.1 Å². The lowest BCUT2D eigenvalue weighted by atomic mass is 9.90. The lowest BCUT2D eigenvalue weighted by Crippen LogP contribution is -2.57. The van der Waals surface area contributed by atoms with Gasteiger partial charge in [-0.25, -0.2) is 0 Å². The van der Waals surface area contributed by atoms with Crippen LogP contribution in [0.2, 0.25) is 0 Å². The van der Waals surface area contributed by atoms with Crippen LogP contribution in [-0.2, 0) is 36.8 Å². The molecule has 1 saturated carbocycles. The second-order valence-electron chi connectivity index (χ2n) is 11.3. The number of Topliss-reactive ketones (excluding diaryl/α,β-unsaturated/α-hetero) is 1. The molecule has 1 aliphatic carbocycles. The second-order valence-corrected chi connectivity index (χ2v) is 11.3. The van der Waals surface area contributed by atoms with Crippen LogP contribution < -0.4 is 20.7 Å². The molecule has 3 N–H and O–H groups in total. The molecule has 0 radical (unpaired) electrons. The molecular formula is C30H40N4O7. The minimum absolute atomic E-state index is 0.0694. The van der Waals surface area contributed by atoms with Crippen LogP contribution in [0.25, 0.3) is 0 Å². The van der Waals surface area contributed by atoms with Gasteiger partial charge in [0.05, 0.1) is 31.9 Å². The molecule has 41 heavy (non-hydrogen) atoms. The molecule has 1 saturated heterocycles. The molecule has 2 fully saturated rings. The number of carbonyl (C=O) groups excluding carboxylic acids is 4. The largest absolute Gasteiger partial charge is 0.497 e. The van der Waals surface area contributed by atoms with Gasteiger partial charge in [-0.15, -0.1) is 0 Å².